The van der Waals surface area contributed by atoms with Crippen LogP contribution in [0, 0.1) is 17.2 Å². The molecule has 0 bridgehead atoms. The SMILES string of the molecule is CN(C(=O)Cc1ccccc1CC#N)C1CCC(CO)CC1. The Hall–Kier alpha value is -1.86. The first-order valence-electron chi connectivity index (χ1n) is 7.96. The first kappa shape index (κ1) is 16.5. The smallest absolute Gasteiger partial charge is 0.226 e. The molecule has 4 nitrogen and oxygen atoms in total. The maximum atomic E-state index is 12.5. The first-order valence-corrected chi connectivity index (χ1v) is 7.96. The third kappa shape index (κ3) is 4.08. The monoisotopic (exact) mass is 300 g/mol. The van der Waals surface area contributed by atoms with Gasteiger partial charge >= 0.3 is 0 Å². The van der Waals surface area contributed by atoms with E-state index in [1.807, 2.05) is 36.2 Å². The van der Waals surface area contributed by atoms with Crippen molar-refractivity contribution in [1.29, 1.82) is 5.26 Å². The number of nitriles is 1. The van der Waals surface area contributed by atoms with Crippen LogP contribution >= 0.6 is 0 Å². The summed E-state index contributed by atoms with van der Waals surface area (Å²) in [6, 6.07) is 10.1. The predicted molar refractivity (Wildman–Crippen MR) is 85.1 cm³/mol. The molecule has 0 atom stereocenters. The molecule has 118 valence electrons. The number of hydrogen-bond donors (Lipinski definition) is 1. The summed E-state index contributed by atoms with van der Waals surface area (Å²) >= 11 is 0. The molecule has 0 spiro atoms. The van der Waals surface area contributed by atoms with Crippen LogP contribution in [0.5, 0.6) is 0 Å². The van der Waals surface area contributed by atoms with Crippen molar-refractivity contribution in [1.82, 2.24) is 4.90 Å². The van der Waals surface area contributed by atoms with Crippen molar-refractivity contribution in [2.75, 3.05) is 13.7 Å². The van der Waals surface area contributed by atoms with Crippen molar-refractivity contribution in [2.24, 2.45) is 5.92 Å². The number of hydrogen-bond acceptors (Lipinski definition) is 3. The number of likely N-dealkylation sites (N-methyl/N-ethyl adjacent to an activating group) is 1. The summed E-state index contributed by atoms with van der Waals surface area (Å²) in [4.78, 5) is 14.4. The van der Waals surface area contributed by atoms with Crippen LogP contribution in [0.25, 0.3) is 0 Å². The summed E-state index contributed by atoms with van der Waals surface area (Å²) in [5.74, 6) is 0.508. The summed E-state index contributed by atoms with van der Waals surface area (Å²) in [6.07, 6.45) is 4.61. The average molecular weight is 300 g/mol. The van der Waals surface area contributed by atoms with Crippen molar-refractivity contribution in [3.05, 3.63) is 35.4 Å². The van der Waals surface area contributed by atoms with Gasteiger partial charge < -0.3 is 10.0 Å². The molecule has 4 heteroatoms. The van der Waals surface area contributed by atoms with Gasteiger partial charge in [0.05, 0.1) is 18.9 Å². The number of nitrogens with zero attached hydrogens (tertiary/aromatic N) is 2. The molecule has 0 saturated heterocycles. The Balaban J connectivity index is 1.96. The van der Waals surface area contributed by atoms with Gasteiger partial charge in [-0.2, -0.15) is 5.26 Å². The number of benzene rings is 1. The normalized spacial score (nSPS) is 21.1. The minimum Gasteiger partial charge on any atom is -0.396 e. The van der Waals surface area contributed by atoms with Gasteiger partial charge in [0.25, 0.3) is 0 Å². The largest absolute Gasteiger partial charge is 0.396 e. The predicted octanol–water partition coefficient (Wildman–Crippen LogP) is 2.30. The van der Waals surface area contributed by atoms with E-state index in [4.69, 9.17) is 5.26 Å². The number of aliphatic hydroxyl groups excluding tert-OH is 1. The highest BCUT2D eigenvalue weighted by atomic mass is 16.3. The van der Waals surface area contributed by atoms with Crippen molar-refractivity contribution in [3.8, 4) is 6.07 Å². The van der Waals surface area contributed by atoms with E-state index in [-0.39, 0.29) is 18.6 Å². The quantitative estimate of drug-likeness (QED) is 0.907. The summed E-state index contributed by atoms with van der Waals surface area (Å²) < 4.78 is 0. The fourth-order valence-corrected chi connectivity index (χ4v) is 3.19. The van der Waals surface area contributed by atoms with Crippen LogP contribution in [-0.2, 0) is 17.6 Å². The summed E-state index contributed by atoms with van der Waals surface area (Å²) in [7, 11) is 1.87. The summed E-state index contributed by atoms with van der Waals surface area (Å²) in [5, 5.41) is 18.1. The fraction of sp³-hybridized carbons (Fsp3) is 0.556. The molecule has 1 aromatic carbocycles. The highest BCUT2D eigenvalue weighted by Gasteiger charge is 2.26. The van der Waals surface area contributed by atoms with E-state index in [1.54, 1.807) is 0 Å². The van der Waals surface area contributed by atoms with Gasteiger partial charge in [0.2, 0.25) is 5.91 Å². The van der Waals surface area contributed by atoms with Crippen LogP contribution in [0.2, 0.25) is 0 Å². The molecule has 0 aromatic heterocycles. The van der Waals surface area contributed by atoms with Crippen LogP contribution in [0.1, 0.15) is 36.8 Å². The highest BCUT2D eigenvalue weighted by molar-refractivity contribution is 5.79. The van der Waals surface area contributed by atoms with E-state index in [1.165, 1.54) is 0 Å². The van der Waals surface area contributed by atoms with E-state index < -0.39 is 0 Å². The van der Waals surface area contributed by atoms with E-state index in [0.717, 1.165) is 36.8 Å². The Morgan fingerprint density at radius 2 is 1.91 bits per heavy atom. The molecular formula is C18H24N2O2. The van der Waals surface area contributed by atoms with Gasteiger partial charge in [0.1, 0.15) is 0 Å². The van der Waals surface area contributed by atoms with Crippen molar-refractivity contribution in [3.63, 3.8) is 0 Å². The van der Waals surface area contributed by atoms with Crippen LogP contribution in [-0.4, -0.2) is 35.6 Å². The van der Waals surface area contributed by atoms with Crippen LogP contribution in [0.4, 0.5) is 0 Å². The van der Waals surface area contributed by atoms with Crippen molar-refractivity contribution < 1.29 is 9.90 Å². The zero-order chi connectivity index (χ0) is 15.9. The molecule has 1 saturated carbocycles. The van der Waals surface area contributed by atoms with E-state index in [2.05, 4.69) is 6.07 Å². The number of rotatable bonds is 5. The zero-order valence-corrected chi connectivity index (χ0v) is 13.2. The molecule has 0 unspecified atom stereocenters. The summed E-state index contributed by atoms with van der Waals surface area (Å²) in [6.45, 7) is 0.256. The van der Waals surface area contributed by atoms with Gasteiger partial charge in [-0.3, -0.25) is 4.79 Å². The molecule has 1 amide bonds. The standard InChI is InChI=1S/C18H24N2O2/c1-20(17-8-6-14(13-21)7-9-17)18(22)12-16-5-3-2-4-15(16)10-11-19/h2-5,14,17,21H,6-10,12-13H2,1H3. The molecule has 22 heavy (non-hydrogen) atoms. The minimum atomic E-state index is 0.109. The lowest BCUT2D eigenvalue weighted by molar-refractivity contribution is -0.132. The van der Waals surface area contributed by atoms with Gasteiger partial charge in [-0.1, -0.05) is 24.3 Å². The second-order valence-electron chi connectivity index (χ2n) is 6.14. The topological polar surface area (TPSA) is 64.3 Å². The van der Waals surface area contributed by atoms with Crippen LogP contribution in [0.15, 0.2) is 24.3 Å². The van der Waals surface area contributed by atoms with Crippen LogP contribution < -0.4 is 0 Å². The summed E-state index contributed by atoms with van der Waals surface area (Å²) in [5.41, 5.74) is 1.89. The lowest BCUT2D eigenvalue weighted by Gasteiger charge is -2.34. The average Bonchev–Trinajstić information content (AvgIpc) is 2.56. The number of carbonyl (C=O) groups is 1. The molecule has 1 aliphatic rings. The Bertz CT molecular complexity index is 542. The Labute approximate surface area is 132 Å². The highest BCUT2D eigenvalue weighted by Crippen LogP contribution is 2.27. The molecule has 1 N–H and O–H groups in total. The van der Waals surface area contributed by atoms with Gasteiger partial charge in [0.15, 0.2) is 0 Å². The third-order valence-electron chi connectivity index (χ3n) is 4.75. The van der Waals surface area contributed by atoms with Gasteiger partial charge in [-0.15, -0.1) is 0 Å². The maximum absolute atomic E-state index is 12.5. The fourth-order valence-electron chi connectivity index (χ4n) is 3.19. The Kier molecular flexibility index (Phi) is 5.97. The van der Waals surface area contributed by atoms with Gasteiger partial charge in [0, 0.05) is 19.7 Å². The van der Waals surface area contributed by atoms with Gasteiger partial charge in [-0.25, -0.2) is 0 Å². The van der Waals surface area contributed by atoms with Crippen molar-refractivity contribution in [2.45, 2.75) is 44.6 Å². The second kappa shape index (κ2) is 7.95. The number of amides is 1. The maximum Gasteiger partial charge on any atom is 0.226 e. The van der Waals surface area contributed by atoms with E-state index in [0.29, 0.717) is 18.8 Å². The molecule has 1 fully saturated rings. The number of carbonyl (C=O) groups excluding carboxylic acids is 1. The van der Waals surface area contributed by atoms with E-state index in [9.17, 15) is 9.90 Å². The van der Waals surface area contributed by atoms with Crippen LogP contribution in [0.3, 0.4) is 0 Å². The molecule has 2 rings (SSSR count). The minimum absolute atomic E-state index is 0.109. The Morgan fingerprint density at radius 3 is 2.50 bits per heavy atom. The molecule has 0 radical (unpaired) electrons. The van der Waals surface area contributed by atoms with Gasteiger partial charge in [-0.05, 0) is 42.7 Å². The zero-order valence-electron chi connectivity index (χ0n) is 13.2. The molecule has 0 aliphatic heterocycles. The molecule has 1 aromatic rings. The lowest BCUT2D eigenvalue weighted by atomic mass is 9.86. The first-order chi connectivity index (χ1) is 10.7. The molecule has 0 heterocycles. The lowest BCUT2D eigenvalue weighted by Crippen LogP contribution is -2.40. The van der Waals surface area contributed by atoms with Crippen molar-refractivity contribution >= 4 is 5.91 Å². The molecule has 1 aliphatic carbocycles. The number of aliphatic hydroxyl groups is 1. The molecular weight excluding hydrogens is 276 g/mol. The second-order valence-corrected chi connectivity index (χ2v) is 6.14. The van der Waals surface area contributed by atoms with E-state index >= 15 is 0 Å². The Morgan fingerprint density at radius 1 is 1.27 bits per heavy atom. The third-order valence-corrected chi connectivity index (χ3v) is 4.75.